The minimum atomic E-state index is -0.439. The van der Waals surface area contributed by atoms with E-state index in [1.165, 1.54) is 20.2 Å². The number of nitrogens with zero attached hydrogens (tertiary/aromatic N) is 1. The van der Waals surface area contributed by atoms with Crippen molar-refractivity contribution in [2.24, 2.45) is 5.10 Å². The monoisotopic (exact) mass is 327 g/mol. The molecule has 124 valence electrons. The average Bonchev–Trinajstić information content (AvgIpc) is 2.56. The Morgan fingerprint density at radius 3 is 2.46 bits per heavy atom. The van der Waals surface area contributed by atoms with E-state index in [1.54, 1.807) is 42.5 Å². The molecule has 0 bridgehead atoms. The predicted molar refractivity (Wildman–Crippen MR) is 90.2 cm³/mol. The fraction of sp³-hybridized carbons (Fsp3) is 0.118. The number of carbonyl (C=O) groups excluding carboxylic acids is 2. The molecule has 0 aliphatic carbocycles. The molecule has 0 atom stereocenters. The molecule has 2 aromatic carbocycles. The van der Waals surface area contributed by atoms with Gasteiger partial charge in [-0.25, -0.2) is 5.43 Å². The maximum atomic E-state index is 11.9. The van der Waals surface area contributed by atoms with Crippen LogP contribution in [0, 0.1) is 0 Å². The highest BCUT2D eigenvalue weighted by atomic mass is 16.6. The average molecular weight is 327 g/mol. The van der Waals surface area contributed by atoms with Crippen LogP contribution in [0.2, 0.25) is 0 Å². The Balaban J connectivity index is 2.04. The maximum absolute atomic E-state index is 11.9. The molecule has 7 nitrogen and oxygen atoms in total. The van der Waals surface area contributed by atoms with Gasteiger partial charge in [-0.15, -0.1) is 0 Å². The van der Waals surface area contributed by atoms with E-state index in [0.29, 0.717) is 28.3 Å². The molecule has 2 aromatic rings. The summed E-state index contributed by atoms with van der Waals surface area (Å²) in [4.78, 5) is 22.9. The van der Waals surface area contributed by atoms with Crippen molar-refractivity contribution in [3.05, 3.63) is 53.6 Å². The number of nitrogens with one attached hydrogen (secondary N) is 1. The molecule has 7 heteroatoms. The number of anilines is 1. The smallest absolute Gasteiger partial charge is 0.308 e. The number of nitrogen functional groups attached to an aromatic ring is 1. The first-order chi connectivity index (χ1) is 11.5. The molecular formula is C17H17N3O4. The topological polar surface area (TPSA) is 103 Å². The molecule has 2 rings (SSSR count). The zero-order valence-electron chi connectivity index (χ0n) is 13.3. The number of hydrazone groups is 1. The van der Waals surface area contributed by atoms with E-state index in [1.807, 2.05) is 0 Å². The Kier molecular flexibility index (Phi) is 5.51. The molecule has 0 aromatic heterocycles. The fourth-order valence-electron chi connectivity index (χ4n) is 1.87. The van der Waals surface area contributed by atoms with Gasteiger partial charge in [0.25, 0.3) is 5.91 Å². The molecule has 0 heterocycles. The maximum Gasteiger partial charge on any atom is 0.308 e. The third-order valence-corrected chi connectivity index (χ3v) is 2.99. The number of benzene rings is 2. The second-order valence-electron chi connectivity index (χ2n) is 4.83. The van der Waals surface area contributed by atoms with Gasteiger partial charge in [-0.1, -0.05) is 0 Å². The van der Waals surface area contributed by atoms with E-state index < -0.39 is 5.97 Å². The van der Waals surface area contributed by atoms with Crippen LogP contribution in [0.5, 0.6) is 11.5 Å². The molecular weight excluding hydrogens is 310 g/mol. The van der Waals surface area contributed by atoms with Crippen LogP contribution in [-0.4, -0.2) is 25.2 Å². The Hall–Kier alpha value is -3.35. The van der Waals surface area contributed by atoms with Crippen molar-refractivity contribution >= 4 is 23.8 Å². The van der Waals surface area contributed by atoms with E-state index in [0.717, 1.165) is 0 Å². The Labute approximate surface area is 139 Å². The lowest BCUT2D eigenvalue weighted by molar-refractivity contribution is -0.132. The van der Waals surface area contributed by atoms with Gasteiger partial charge < -0.3 is 15.2 Å². The molecule has 24 heavy (non-hydrogen) atoms. The summed E-state index contributed by atoms with van der Waals surface area (Å²) in [6, 6.07) is 11.4. The summed E-state index contributed by atoms with van der Waals surface area (Å²) in [6.45, 7) is 1.31. The van der Waals surface area contributed by atoms with E-state index in [4.69, 9.17) is 15.2 Å². The summed E-state index contributed by atoms with van der Waals surface area (Å²) in [5.41, 5.74) is 9.68. The third-order valence-electron chi connectivity index (χ3n) is 2.99. The predicted octanol–water partition coefficient (Wildman–Crippen LogP) is 1.97. The van der Waals surface area contributed by atoms with Crippen molar-refractivity contribution in [1.29, 1.82) is 0 Å². The van der Waals surface area contributed by atoms with Crippen LogP contribution >= 0.6 is 0 Å². The molecule has 0 saturated heterocycles. The molecule has 1 amide bonds. The zero-order valence-corrected chi connectivity index (χ0v) is 13.3. The fourth-order valence-corrected chi connectivity index (χ4v) is 1.87. The summed E-state index contributed by atoms with van der Waals surface area (Å²) in [5, 5.41) is 3.89. The summed E-state index contributed by atoms with van der Waals surface area (Å²) >= 11 is 0. The van der Waals surface area contributed by atoms with E-state index in [-0.39, 0.29) is 5.91 Å². The number of amides is 1. The number of hydrogen-bond donors (Lipinski definition) is 2. The number of rotatable bonds is 5. The SMILES string of the molecule is COc1cc(/C=N\NC(=O)c2ccc(N)cc2)ccc1OC(C)=O. The standard InChI is InChI=1S/C17H17N3O4/c1-11(21)24-15-8-3-12(9-16(15)23-2)10-19-20-17(22)13-4-6-14(18)7-5-13/h3-10H,18H2,1-2H3,(H,20,22)/b19-10-. The molecule has 0 unspecified atom stereocenters. The lowest BCUT2D eigenvalue weighted by Crippen LogP contribution is -2.17. The summed E-state index contributed by atoms with van der Waals surface area (Å²) in [7, 11) is 1.46. The van der Waals surface area contributed by atoms with Gasteiger partial charge in [0.1, 0.15) is 0 Å². The molecule has 0 aliphatic rings. The molecule has 0 radical (unpaired) electrons. The van der Waals surface area contributed by atoms with E-state index >= 15 is 0 Å². The van der Waals surface area contributed by atoms with Gasteiger partial charge in [-0.05, 0) is 48.0 Å². The van der Waals surface area contributed by atoms with E-state index in [9.17, 15) is 9.59 Å². The van der Waals surface area contributed by atoms with Crippen LogP contribution in [0.4, 0.5) is 5.69 Å². The van der Waals surface area contributed by atoms with Crippen LogP contribution in [0.25, 0.3) is 0 Å². The third kappa shape index (κ3) is 4.57. The number of carbonyl (C=O) groups is 2. The van der Waals surface area contributed by atoms with Crippen molar-refractivity contribution in [3.8, 4) is 11.5 Å². The number of ether oxygens (including phenoxy) is 2. The second-order valence-corrected chi connectivity index (χ2v) is 4.83. The summed E-state index contributed by atoms with van der Waals surface area (Å²) in [5.74, 6) is -0.0905. The van der Waals surface area contributed by atoms with Crippen molar-refractivity contribution in [1.82, 2.24) is 5.43 Å². The lowest BCUT2D eigenvalue weighted by Gasteiger charge is -2.08. The summed E-state index contributed by atoms with van der Waals surface area (Å²) in [6.07, 6.45) is 1.45. The van der Waals surface area contributed by atoms with Gasteiger partial charge in [0.05, 0.1) is 13.3 Å². The van der Waals surface area contributed by atoms with Crippen LogP contribution in [0.3, 0.4) is 0 Å². The zero-order chi connectivity index (χ0) is 17.5. The van der Waals surface area contributed by atoms with Crippen LogP contribution in [-0.2, 0) is 4.79 Å². The first-order valence-electron chi connectivity index (χ1n) is 7.05. The van der Waals surface area contributed by atoms with Crippen LogP contribution in [0.15, 0.2) is 47.6 Å². The number of methoxy groups -OCH3 is 1. The Bertz CT molecular complexity index is 770. The largest absolute Gasteiger partial charge is 0.493 e. The first kappa shape index (κ1) is 17.0. The minimum absolute atomic E-state index is 0.313. The van der Waals surface area contributed by atoms with Crippen molar-refractivity contribution in [2.45, 2.75) is 6.92 Å². The molecule has 0 saturated carbocycles. The van der Waals surface area contributed by atoms with Gasteiger partial charge in [0.2, 0.25) is 0 Å². The van der Waals surface area contributed by atoms with Crippen molar-refractivity contribution in [3.63, 3.8) is 0 Å². The first-order valence-corrected chi connectivity index (χ1v) is 7.05. The lowest BCUT2D eigenvalue weighted by atomic mass is 10.2. The van der Waals surface area contributed by atoms with Gasteiger partial charge in [-0.3, -0.25) is 9.59 Å². The quantitative estimate of drug-likeness (QED) is 0.287. The Morgan fingerprint density at radius 2 is 1.83 bits per heavy atom. The number of nitrogens with two attached hydrogens (primary N) is 1. The number of hydrogen-bond acceptors (Lipinski definition) is 6. The van der Waals surface area contributed by atoms with Crippen LogP contribution in [0.1, 0.15) is 22.8 Å². The summed E-state index contributed by atoms with van der Waals surface area (Å²) < 4.78 is 10.2. The Morgan fingerprint density at radius 1 is 1.12 bits per heavy atom. The highest BCUT2D eigenvalue weighted by Gasteiger charge is 2.07. The molecule has 3 N–H and O–H groups in total. The van der Waals surface area contributed by atoms with Gasteiger partial charge in [0, 0.05) is 18.2 Å². The molecule has 0 fully saturated rings. The van der Waals surface area contributed by atoms with Gasteiger partial charge in [0.15, 0.2) is 11.5 Å². The van der Waals surface area contributed by atoms with Gasteiger partial charge >= 0.3 is 5.97 Å². The number of esters is 1. The van der Waals surface area contributed by atoms with Crippen molar-refractivity contribution in [2.75, 3.05) is 12.8 Å². The second kappa shape index (κ2) is 7.77. The van der Waals surface area contributed by atoms with Gasteiger partial charge in [-0.2, -0.15) is 5.10 Å². The highest BCUT2D eigenvalue weighted by molar-refractivity contribution is 5.95. The van der Waals surface area contributed by atoms with E-state index in [2.05, 4.69) is 10.5 Å². The van der Waals surface area contributed by atoms with Crippen LogP contribution < -0.4 is 20.6 Å². The minimum Gasteiger partial charge on any atom is -0.493 e. The van der Waals surface area contributed by atoms with Crippen molar-refractivity contribution < 1.29 is 19.1 Å². The normalized spacial score (nSPS) is 10.4. The highest BCUT2D eigenvalue weighted by Crippen LogP contribution is 2.27. The molecule has 0 spiro atoms. The molecule has 0 aliphatic heterocycles.